The molecule has 6 nitrogen and oxygen atoms in total. The second-order valence-electron chi connectivity index (χ2n) is 4.31. The Morgan fingerprint density at radius 1 is 1.37 bits per heavy atom. The summed E-state index contributed by atoms with van der Waals surface area (Å²) in [6.07, 6.45) is 0. The average molecular weight is 261 g/mol. The molecule has 1 heterocycles. The number of nitrogens with one attached hydrogen (secondary N) is 1. The molecule has 0 unspecified atom stereocenters. The van der Waals surface area contributed by atoms with E-state index < -0.39 is 12.0 Å². The molecule has 1 aromatic carbocycles. The number of hydrogen-bond donors (Lipinski definition) is 2. The van der Waals surface area contributed by atoms with Crippen LogP contribution in [-0.4, -0.2) is 27.3 Å². The van der Waals surface area contributed by atoms with Crippen molar-refractivity contribution in [2.45, 2.75) is 26.4 Å². The number of aliphatic carboxylic acids is 1. The summed E-state index contributed by atoms with van der Waals surface area (Å²) in [4.78, 5) is 10.6. The van der Waals surface area contributed by atoms with E-state index >= 15 is 0 Å². The van der Waals surface area contributed by atoms with Crippen LogP contribution in [0.2, 0.25) is 0 Å². The van der Waals surface area contributed by atoms with Gasteiger partial charge in [-0.3, -0.25) is 10.1 Å². The zero-order valence-corrected chi connectivity index (χ0v) is 10.8. The highest BCUT2D eigenvalue weighted by Crippen LogP contribution is 2.18. The Kier molecular flexibility index (Phi) is 3.91. The first-order valence-electron chi connectivity index (χ1n) is 5.92. The SMILES string of the molecule is Cc1ccc(-c2nnc(CN[C@@H](C)C(=O)O)o2)cc1. The third kappa shape index (κ3) is 3.38. The highest BCUT2D eigenvalue weighted by Gasteiger charge is 2.13. The molecule has 0 aliphatic carbocycles. The summed E-state index contributed by atoms with van der Waals surface area (Å²) in [5, 5.41) is 19.3. The fourth-order valence-electron chi connectivity index (χ4n) is 1.47. The molecule has 1 aromatic heterocycles. The van der Waals surface area contributed by atoms with Gasteiger partial charge in [0.05, 0.1) is 6.54 Å². The average Bonchev–Trinajstić information content (AvgIpc) is 2.85. The molecule has 19 heavy (non-hydrogen) atoms. The summed E-state index contributed by atoms with van der Waals surface area (Å²) >= 11 is 0. The van der Waals surface area contributed by atoms with Gasteiger partial charge in [0.25, 0.3) is 0 Å². The summed E-state index contributed by atoms with van der Waals surface area (Å²) in [6, 6.07) is 7.07. The third-order valence-electron chi connectivity index (χ3n) is 2.70. The predicted molar refractivity (Wildman–Crippen MR) is 68.4 cm³/mol. The van der Waals surface area contributed by atoms with Gasteiger partial charge in [0.1, 0.15) is 6.04 Å². The molecule has 0 bridgehead atoms. The standard InChI is InChI=1S/C13H15N3O3/c1-8-3-5-10(6-4-8)12-16-15-11(19-12)7-14-9(2)13(17)18/h3-6,9,14H,7H2,1-2H3,(H,17,18)/t9-/m0/s1. The summed E-state index contributed by atoms with van der Waals surface area (Å²) in [6.45, 7) is 3.78. The quantitative estimate of drug-likeness (QED) is 0.850. The van der Waals surface area contributed by atoms with Gasteiger partial charge in [-0.05, 0) is 26.0 Å². The first-order chi connectivity index (χ1) is 9.06. The number of rotatable bonds is 5. The smallest absolute Gasteiger partial charge is 0.320 e. The number of aryl methyl sites for hydroxylation is 1. The first kappa shape index (κ1) is 13.2. The van der Waals surface area contributed by atoms with Crippen LogP contribution in [0, 0.1) is 6.92 Å². The van der Waals surface area contributed by atoms with E-state index in [1.807, 2.05) is 31.2 Å². The summed E-state index contributed by atoms with van der Waals surface area (Å²) < 4.78 is 5.46. The van der Waals surface area contributed by atoms with Gasteiger partial charge in [-0.25, -0.2) is 0 Å². The number of hydrogen-bond acceptors (Lipinski definition) is 5. The van der Waals surface area contributed by atoms with Crippen LogP contribution in [0.1, 0.15) is 18.4 Å². The molecule has 0 spiro atoms. The Bertz CT molecular complexity index is 563. The van der Waals surface area contributed by atoms with Crippen molar-refractivity contribution in [1.82, 2.24) is 15.5 Å². The molecule has 2 rings (SSSR count). The normalized spacial score (nSPS) is 12.3. The van der Waals surface area contributed by atoms with E-state index in [1.54, 1.807) is 6.92 Å². The lowest BCUT2D eigenvalue weighted by Crippen LogP contribution is -2.33. The minimum absolute atomic E-state index is 0.229. The van der Waals surface area contributed by atoms with Gasteiger partial charge in [-0.2, -0.15) is 0 Å². The maximum absolute atomic E-state index is 10.6. The molecule has 0 amide bonds. The highest BCUT2D eigenvalue weighted by molar-refractivity contribution is 5.72. The Morgan fingerprint density at radius 3 is 2.68 bits per heavy atom. The summed E-state index contributed by atoms with van der Waals surface area (Å²) in [5.74, 6) is -0.123. The van der Waals surface area contributed by atoms with Crippen LogP contribution in [0.4, 0.5) is 0 Å². The summed E-state index contributed by atoms with van der Waals surface area (Å²) in [5.41, 5.74) is 2.00. The molecule has 0 radical (unpaired) electrons. The van der Waals surface area contributed by atoms with Crippen molar-refractivity contribution in [3.05, 3.63) is 35.7 Å². The monoisotopic (exact) mass is 261 g/mol. The van der Waals surface area contributed by atoms with Crippen LogP contribution in [0.15, 0.2) is 28.7 Å². The van der Waals surface area contributed by atoms with Gasteiger partial charge in [-0.15, -0.1) is 10.2 Å². The molecule has 2 N–H and O–H groups in total. The number of carbonyl (C=O) groups is 1. The lowest BCUT2D eigenvalue weighted by atomic mass is 10.1. The minimum Gasteiger partial charge on any atom is -0.480 e. The molecular formula is C13H15N3O3. The van der Waals surface area contributed by atoms with Gasteiger partial charge in [0.15, 0.2) is 0 Å². The summed E-state index contributed by atoms with van der Waals surface area (Å²) in [7, 11) is 0. The van der Waals surface area contributed by atoms with E-state index in [1.165, 1.54) is 0 Å². The van der Waals surface area contributed by atoms with Crippen molar-refractivity contribution < 1.29 is 14.3 Å². The highest BCUT2D eigenvalue weighted by atomic mass is 16.4. The van der Waals surface area contributed by atoms with Crippen molar-refractivity contribution >= 4 is 5.97 Å². The fourth-order valence-corrected chi connectivity index (χ4v) is 1.47. The van der Waals surface area contributed by atoms with Crippen LogP contribution >= 0.6 is 0 Å². The molecule has 2 aromatic rings. The topological polar surface area (TPSA) is 88.2 Å². The Balaban J connectivity index is 2.03. The molecular weight excluding hydrogens is 246 g/mol. The lowest BCUT2D eigenvalue weighted by molar-refractivity contribution is -0.139. The number of aromatic nitrogens is 2. The van der Waals surface area contributed by atoms with Crippen molar-refractivity contribution in [2.75, 3.05) is 0 Å². The molecule has 100 valence electrons. The van der Waals surface area contributed by atoms with Crippen LogP contribution < -0.4 is 5.32 Å². The number of carboxylic acid groups (broad SMARTS) is 1. The lowest BCUT2D eigenvalue weighted by Gasteiger charge is -2.05. The predicted octanol–water partition coefficient (Wildman–Crippen LogP) is 1.61. The maximum atomic E-state index is 10.6. The van der Waals surface area contributed by atoms with Crippen LogP contribution in [0.25, 0.3) is 11.5 Å². The Hall–Kier alpha value is -2.21. The van der Waals surface area contributed by atoms with E-state index in [0.717, 1.165) is 11.1 Å². The minimum atomic E-state index is -0.918. The molecule has 0 fully saturated rings. The van der Waals surface area contributed by atoms with E-state index in [-0.39, 0.29) is 6.54 Å². The second kappa shape index (κ2) is 5.62. The van der Waals surface area contributed by atoms with E-state index in [2.05, 4.69) is 15.5 Å². The Morgan fingerprint density at radius 2 is 2.05 bits per heavy atom. The van der Waals surface area contributed by atoms with Crippen LogP contribution in [0.5, 0.6) is 0 Å². The molecule has 1 atom stereocenters. The third-order valence-corrected chi connectivity index (χ3v) is 2.70. The molecule has 6 heteroatoms. The van der Waals surface area contributed by atoms with Gasteiger partial charge in [0.2, 0.25) is 11.8 Å². The van der Waals surface area contributed by atoms with E-state index in [9.17, 15) is 4.79 Å². The Labute approximate surface area is 110 Å². The van der Waals surface area contributed by atoms with Gasteiger partial charge in [0, 0.05) is 5.56 Å². The van der Waals surface area contributed by atoms with E-state index in [4.69, 9.17) is 9.52 Å². The van der Waals surface area contributed by atoms with Gasteiger partial charge in [-0.1, -0.05) is 17.7 Å². The molecule has 0 saturated carbocycles. The van der Waals surface area contributed by atoms with Gasteiger partial charge >= 0.3 is 5.97 Å². The zero-order valence-electron chi connectivity index (χ0n) is 10.8. The fraction of sp³-hybridized carbons (Fsp3) is 0.308. The van der Waals surface area contributed by atoms with Crippen molar-refractivity contribution in [3.63, 3.8) is 0 Å². The van der Waals surface area contributed by atoms with Crippen molar-refractivity contribution in [2.24, 2.45) is 0 Å². The largest absolute Gasteiger partial charge is 0.480 e. The van der Waals surface area contributed by atoms with Crippen LogP contribution in [-0.2, 0) is 11.3 Å². The first-order valence-corrected chi connectivity index (χ1v) is 5.92. The molecule has 0 aliphatic heterocycles. The van der Waals surface area contributed by atoms with Gasteiger partial charge < -0.3 is 9.52 Å². The maximum Gasteiger partial charge on any atom is 0.320 e. The molecule has 0 saturated heterocycles. The van der Waals surface area contributed by atoms with Crippen molar-refractivity contribution in [1.29, 1.82) is 0 Å². The zero-order chi connectivity index (χ0) is 13.8. The van der Waals surface area contributed by atoms with E-state index in [0.29, 0.717) is 11.8 Å². The second-order valence-corrected chi connectivity index (χ2v) is 4.31. The number of carboxylic acids is 1. The van der Waals surface area contributed by atoms with Crippen molar-refractivity contribution in [3.8, 4) is 11.5 Å². The number of nitrogens with zero attached hydrogens (tertiary/aromatic N) is 2. The van der Waals surface area contributed by atoms with Crippen LogP contribution in [0.3, 0.4) is 0 Å². The molecule has 0 aliphatic rings. The number of benzene rings is 1.